The molecule has 0 aliphatic heterocycles. The van der Waals surface area contributed by atoms with E-state index in [1.165, 1.54) is 0 Å². The minimum absolute atomic E-state index is 0.0540. The highest BCUT2D eigenvalue weighted by atomic mass is 35.5. The van der Waals surface area contributed by atoms with E-state index in [1.54, 1.807) is 6.07 Å². The van der Waals surface area contributed by atoms with Crippen LogP contribution >= 0.6 is 11.6 Å². The highest BCUT2D eigenvalue weighted by molar-refractivity contribution is 6.31. The third-order valence-electron chi connectivity index (χ3n) is 2.94. The van der Waals surface area contributed by atoms with E-state index in [-0.39, 0.29) is 18.5 Å². The number of aliphatic carboxylic acids is 1. The van der Waals surface area contributed by atoms with Crippen LogP contribution in [0.25, 0.3) is 0 Å². The Bertz CT molecular complexity index is 393. The number of carboxylic acids is 1. The summed E-state index contributed by atoms with van der Waals surface area (Å²) in [5.41, 5.74) is 0.868. The van der Waals surface area contributed by atoms with Gasteiger partial charge in [-0.1, -0.05) is 29.8 Å². The van der Waals surface area contributed by atoms with Crippen LogP contribution < -0.4 is 0 Å². The molecular formula is C13H18ClNO2. The molecule has 4 heteroatoms. The summed E-state index contributed by atoms with van der Waals surface area (Å²) in [6.07, 6.45) is 0.0540. The lowest BCUT2D eigenvalue weighted by Gasteiger charge is -2.31. The predicted molar refractivity (Wildman–Crippen MR) is 69.3 cm³/mol. The summed E-state index contributed by atoms with van der Waals surface area (Å²) < 4.78 is 0. The monoisotopic (exact) mass is 255 g/mol. The fourth-order valence-corrected chi connectivity index (χ4v) is 2.01. The van der Waals surface area contributed by atoms with Crippen molar-refractivity contribution in [1.82, 2.24) is 4.90 Å². The Morgan fingerprint density at radius 1 is 1.41 bits per heavy atom. The van der Waals surface area contributed by atoms with Crippen LogP contribution in [0, 0.1) is 0 Å². The molecule has 17 heavy (non-hydrogen) atoms. The SMILES string of the molecule is CC(C)N(C)C(CC(=O)O)c1ccccc1Cl. The van der Waals surface area contributed by atoms with Crippen LogP contribution in [0.15, 0.2) is 24.3 Å². The highest BCUT2D eigenvalue weighted by Gasteiger charge is 2.23. The molecule has 0 fully saturated rings. The molecular weight excluding hydrogens is 238 g/mol. The Hall–Kier alpha value is -1.06. The average Bonchev–Trinajstić information content (AvgIpc) is 2.25. The Morgan fingerprint density at radius 2 is 2.00 bits per heavy atom. The van der Waals surface area contributed by atoms with Crippen molar-refractivity contribution in [1.29, 1.82) is 0 Å². The van der Waals surface area contributed by atoms with Gasteiger partial charge >= 0.3 is 5.97 Å². The highest BCUT2D eigenvalue weighted by Crippen LogP contribution is 2.30. The first-order valence-corrected chi connectivity index (χ1v) is 5.99. The van der Waals surface area contributed by atoms with Crippen molar-refractivity contribution in [2.45, 2.75) is 32.4 Å². The molecule has 0 radical (unpaired) electrons. The van der Waals surface area contributed by atoms with E-state index in [1.807, 2.05) is 44.0 Å². The Balaban J connectivity index is 3.06. The number of hydrogen-bond acceptors (Lipinski definition) is 2. The number of carbonyl (C=O) groups is 1. The molecule has 0 amide bonds. The van der Waals surface area contributed by atoms with E-state index >= 15 is 0 Å². The van der Waals surface area contributed by atoms with Gasteiger partial charge in [0, 0.05) is 17.1 Å². The van der Waals surface area contributed by atoms with E-state index in [9.17, 15) is 4.79 Å². The van der Waals surface area contributed by atoms with Crippen LogP contribution in [0.4, 0.5) is 0 Å². The van der Waals surface area contributed by atoms with E-state index in [2.05, 4.69) is 0 Å². The van der Waals surface area contributed by atoms with Crippen molar-refractivity contribution >= 4 is 17.6 Å². The van der Waals surface area contributed by atoms with Crippen LogP contribution in [-0.4, -0.2) is 29.1 Å². The fraction of sp³-hybridized carbons (Fsp3) is 0.462. The molecule has 94 valence electrons. The summed E-state index contributed by atoms with van der Waals surface area (Å²) in [5, 5.41) is 9.61. The molecule has 0 saturated carbocycles. The maximum atomic E-state index is 11.0. The van der Waals surface area contributed by atoms with E-state index in [0.717, 1.165) is 5.56 Å². The molecule has 0 spiro atoms. The Kier molecular flexibility index (Phi) is 4.97. The first-order valence-electron chi connectivity index (χ1n) is 5.61. The number of rotatable bonds is 5. The van der Waals surface area contributed by atoms with Crippen LogP contribution in [0.5, 0.6) is 0 Å². The zero-order valence-electron chi connectivity index (χ0n) is 10.4. The zero-order chi connectivity index (χ0) is 13.0. The summed E-state index contributed by atoms with van der Waals surface area (Å²) in [7, 11) is 1.92. The number of halogens is 1. The summed E-state index contributed by atoms with van der Waals surface area (Å²) in [6.45, 7) is 4.07. The van der Waals surface area contributed by atoms with Gasteiger partial charge in [0.15, 0.2) is 0 Å². The molecule has 0 aliphatic rings. The number of benzene rings is 1. The number of hydrogen-bond donors (Lipinski definition) is 1. The van der Waals surface area contributed by atoms with Gasteiger partial charge in [0.05, 0.1) is 6.42 Å². The molecule has 0 heterocycles. The molecule has 0 bridgehead atoms. The topological polar surface area (TPSA) is 40.5 Å². The van der Waals surface area contributed by atoms with E-state index in [0.29, 0.717) is 5.02 Å². The number of nitrogens with zero attached hydrogens (tertiary/aromatic N) is 1. The average molecular weight is 256 g/mol. The first kappa shape index (κ1) is 14.0. The van der Waals surface area contributed by atoms with Gasteiger partial charge in [0.1, 0.15) is 0 Å². The van der Waals surface area contributed by atoms with Gasteiger partial charge in [-0.05, 0) is 32.5 Å². The molecule has 1 atom stereocenters. The van der Waals surface area contributed by atoms with Crippen molar-refractivity contribution in [2.75, 3.05) is 7.05 Å². The standard InChI is InChI=1S/C13H18ClNO2/c1-9(2)15(3)12(8-13(16)17)10-6-4-5-7-11(10)14/h4-7,9,12H,8H2,1-3H3,(H,16,17). The molecule has 0 aromatic heterocycles. The maximum absolute atomic E-state index is 11.0. The van der Waals surface area contributed by atoms with Gasteiger partial charge < -0.3 is 5.11 Å². The molecule has 1 aromatic rings. The van der Waals surface area contributed by atoms with Crippen molar-refractivity contribution < 1.29 is 9.90 Å². The minimum atomic E-state index is -0.817. The lowest BCUT2D eigenvalue weighted by atomic mass is 10.0. The summed E-state index contributed by atoms with van der Waals surface area (Å²) >= 11 is 6.13. The molecule has 0 aliphatic carbocycles. The lowest BCUT2D eigenvalue weighted by molar-refractivity contribution is -0.138. The van der Waals surface area contributed by atoms with Crippen LogP contribution in [-0.2, 0) is 4.79 Å². The fourth-order valence-electron chi connectivity index (χ4n) is 1.74. The third kappa shape index (κ3) is 3.72. The van der Waals surface area contributed by atoms with Gasteiger partial charge in [0.25, 0.3) is 0 Å². The van der Waals surface area contributed by atoms with Gasteiger partial charge in [-0.3, -0.25) is 9.69 Å². The van der Waals surface area contributed by atoms with Gasteiger partial charge in [-0.25, -0.2) is 0 Å². The largest absolute Gasteiger partial charge is 0.481 e. The molecule has 1 unspecified atom stereocenters. The Morgan fingerprint density at radius 3 is 2.47 bits per heavy atom. The van der Waals surface area contributed by atoms with E-state index in [4.69, 9.17) is 16.7 Å². The lowest BCUT2D eigenvalue weighted by Crippen LogP contribution is -2.32. The second kappa shape index (κ2) is 6.03. The van der Waals surface area contributed by atoms with Crippen molar-refractivity contribution in [3.63, 3.8) is 0 Å². The Labute approximate surface area is 107 Å². The molecule has 1 rings (SSSR count). The molecule has 1 aromatic carbocycles. The number of carboxylic acid groups (broad SMARTS) is 1. The smallest absolute Gasteiger partial charge is 0.305 e. The second-order valence-electron chi connectivity index (χ2n) is 4.39. The van der Waals surface area contributed by atoms with Gasteiger partial charge in [-0.15, -0.1) is 0 Å². The van der Waals surface area contributed by atoms with Crippen molar-refractivity contribution in [3.05, 3.63) is 34.9 Å². The van der Waals surface area contributed by atoms with Crippen LogP contribution in [0.1, 0.15) is 31.9 Å². The molecule has 0 saturated heterocycles. The van der Waals surface area contributed by atoms with Crippen molar-refractivity contribution in [2.24, 2.45) is 0 Å². The minimum Gasteiger partial charge on any atom is -0.481 e. The molecule has 1 N–H and O–H groups in total. The van der Waals surface area contributed by atoms with Gasteiger partial charge in [0.2, 0.25) is 0 Å². The third-order valence-corrected chi connectivity index (χ3v) is 3.28. The summed E-state index contributed by atoms with van der Waals surface area (Å²) in [6, 6.07) is 7.47. The van der Waals surface area contributed by atoms with Gasteiger partial charge in [-0.2, -0.15) is 0 Å². The predicted octanol–water partition coefficient (Wildman–Crippen LogP) is 3.20. The van der Waals surface area contributed by atoms with Crippen LogP contribution in [0.2, 0.25) is 5.02 Å². The quantitative estimate of drug-likeness (QED) is 0.878. The normalized spacial score (nSPS) is 13.1. The second-order valence-corrected chi connectivity index (χ2v) is 4.80. The maximum Gasteiger partial charge on any atom is 0.305 e. The zero-order valence-corrected chi connectivity index (χ0v) is 11.1. The van der Waals surface area contributed by atoms with Crippen LogP contribution in [0.3, 0.4) is 0 Å². The van der Waals surface area contributed by atoms with Crippen molar-refractivity contribution in [3.8, 4) is 0 Å². The molecule has 3 nitrogen and oxygen atoms in total. The summed E-state index contributed by atoms with van der Waals surface area (Å²) in [4.78, 5) is 13.0. The summed E-state index contributed by atoms with van der Waals surface area (Å²) in [5.74, 6) is -0.817. The van der Waals surface area contributed by atoms with E-state index < -0.39 is 5.97 Å². The first-order chi connectivity index (χ1) is 7.93.